The number of alkyl halides is 3. The third kappa shape index (κ3) is 6.91. The molecule has 4 atom stereocenters. The van der Waals surface area contributed by atoms with E-state index in [9.17, 15) is 37.9 Å². The molecule has 2 saturated heterocycles. The number of anilines is 1. The minimum absolute atomic E-state index is 0.0444. The SMILES string of the molecule is C[C@@]1(C2CCN2C(=O)O)CC[C@H](C(=O)N2CCN(c3ccccc3)CC2)[C@@H](C(=O)NO)C1.O=C(O)C(F)(F)F. The number of carboxylic acids is 1. The van der Waals surface area contributed by atoms with Gasteiger partial charge in [0.05, 0.1) is 5.92 Å². The molecule has 39 heavy (non-hydrogen) atoms. The van der Waals surface area contributed by atoms with Crippen molar-refractivity contribution in [3.63, 3.8) is 0 Å². The van der Waals surface area contributed by atoms with Crippen molar-refractivity contribution in [2.75, 3.05) is 37.6 Å². The molecule has 4 rings (SSSR count). The first kappa shape index (κ1) is 30.0. The maximum Gasteiger partial charge on any atom is 0.490 e. The number of aliphatic carboxylic acids is 1. The second-order valence-corrected chi connectivity index (χ2v) is 10.3. The van der Waals surface area contributed by atoms with E-state index in [-0.39, 0.29) is 11.9 Å². The highest BCUT2D eigenvalue weighted by molar-refractivity contribution is 5.87. The lowest BCUT2D eigenvalue weighted by atomic mass is 9.60. The number of piperazine rings is 1. The van der Waals surface area contributed by atoms with Crippen LogP contribution in [0.2, 0.25) is 0 Å². The van der Waals surface area contributed by atoms with E-state index in [1.165, 1.54) is 4.90 Å². The second kappa shape index (κ2) is 12.1. The van der Waals surface area contributed by atoms with Crippen molar-refractivity contribution in [1.82, 2.24) is 15.3 Å². The fraction of sp³-hybridized carbons (Fsp3) is 0.600. The summed E-state index contributed by atoms with van der Waals surface area (Å²) in [6.45, 7) is 5.14. The zero-order valence-corrected chi connectivity index (χ0v) is 21.4. The van der Waals surface area contributed by atoms with Gasteiger partial charge in [0.1, 0.15) is 0 Å². The van der Waals surface area contributed by atoms with E-state index in [1.807, 2.05) is 30.0 Å². The Kier molecular flexibility index (Phi) is 9.30. The summed E-state index contributed by atoms with van der Waals surface area (Å²) in [5.41, 5.74) is 2.49. The summed E-state index contributed by atoms with van der Waals surface area (Å²) in [7, 11) is 0. The van der Waals surface area contributed by atoms with E-state index in [0.29, 0.717) is 38.9 Å². The van der Waals surface area contributed by atoms with Gasteiger partial charge < -0.3 is 24.9 Å². The predicted molar refractivity (Wildman–Crippen MR) is 131 cm³/mol. The number of nitrogens with one attached hydrogen (secondary N) is 1. The van der Waals surface area contributed by atoms with Crippen molar-refractivity contribution >= 4 is 29.6 Å². The summed E-state index contributed by atoms with van der Waals surface area (Å²) in [6, 6.07) is 9.93. The monoisotopic (exact) mass is 558 g/mol. The van der Waals surface area contributed by atoms with Gasteiger partial charge in [0, 0.05) is 50.4 Å². The number of halogens is 3. The third-order valence-electron chi connectivity index (χ3n) is 7.99. The van der Waals surface area contributed by atoms with E-state index in [1.54, 1.807) is 5.48 Å². The lowest BCUT2D eigenvalue weighted by molar-refractivity contribution is -0.192. The van der Waals surface area contributed by atoms with Crippen molar-refractivity contribution in [3.8, 4) is 0 Å². The Hall–Kier alpha value is -3.55. The van der Waals surface area contributed by atoms with Gasteiger partial charge in [-0.2, -0.15) is 13.2 Å². The van der Waals surface area contributed by atoms with Gasteiger partial charge in [-0.15, -0.1) is 0 Å². The lowest BCUT2D eigenvalue weighted by Crippen LogP contribution is -2.61. The molecule has 3 aliphatic rings. The summed E-state index contributed by atoms with van der Waals surface area (Å²) in [4.78, 5) is 51.9. The van der Waals surface area contributed by atoms with Crippen LogP contribution in [0.4, 0.5) is 23.7 Å². The Morgan fingerprint density at radius 2 is 1.54 bits per heavy atom. The van der Waals surface area contributed by atoms with Gasteiger partial charge >= 0.3 is 18.2 Å². The third-order valence-corrected chi connectivity index (χ3v) is 7.99. The largest absolute Gasteiger partial charge is 0.490 e. The van der Waals surface area contributed by atoms with Crippen LogP contribution in [0.1, 0.15) is 32.6 Å². The Labute approximate surface area is 223 Å². The highest BCUT2D eigenvalue weighted by Gasteiger charge is 2.52. The summed E-state index contributed by atoms with van der Waals surface area (Å²) in [5.74, 6) is -4.53. The van der Waals surface area contributed by atoms with Crippen LogP contribution in [-0.2, 0) is 14.4 Å². The van der Waals surface area contributed by atoms with Crippen LogP contribution in [0.5, 0.6) is 0 Å². The number of para-hydroxylation sites is 1. The number of likely N-dealkylation sites (tertiary alicyclic amines) is 1. The fourth-order valence-electron chi connectivity index (χ4n) is 5.79. The quantitative estimate of drug-likeness (QED) is 0.325. The summed E-state index contributed by atoms with van der Waals surface area (Å²) >= 11 is 0. The summed E-state index contributed by atoms with van der Waals surface area (Å²) in [6.07, 6.45) is -3.70. The molecule has 1 unspecified atom stereocenters. The molecule has 1 aromatic rings. The number of nitrogens with zero attached hydrogens (tertiary/aromatic N) is 3. The number of carboxylic acid groups (broad SMARTS) is 2. The first-order valence-electron chi connectivity index (χ1n) is 12.6. The van der Waals surface area contributed by atoms with Gasteiger partial charge in [-0.3, -0.25) is 14.8 Å². The van der Waals surface area contributed by atoms with Gasteiger partial charge in [0.15, 0.2) is 0 Å². The van der Waals surface area contributed by atoms with E-state index in [0.717, 1.165) is 25.2 Å². The van der Waals surface area contributed by atoms with E-state index in [4.69, 9.17) is 9.90 Å². The highest BCUT2D eigenvalue weighted by Crippen LogP contribution is 2.49. The number of amides is 3. The molecule has 2 heterocycles. The van der Waals surface area contributed by atoms with Crippen LogP contribution < -0.4 is 10.4 Å². The van der Waals surface area contributed by atoms with Crippen LogP contribution in [0.3, 0.4) is 0 Å². The Bertz CT molecular complexity index is 1050. The fourth-order valence-corrected chi connectivity index (χ4v) is 5.79. The maximum atomic E-state index is 13.4. The molecule has 0 bridgehead atoms. The molecule has 3 amide bonds. The molecule has 3 fully saturated rings. The zero-order chi connectivity index (χ0) is 29.0. The minimum Gasteiger partial charge on any atom is -0.475 e. The molecule has 14 heteroatoms. The van der Waals surface area contributed by atoms with E-state index < -0.39 is 41.4 Å². The molecule has 1 aromatic carbocycles. The molecule has 0 radical (unpaired) electrons. The van der Waals surface area contributed by atoms with Crippen molar-refractivity contribution in [3.05, 3.63) is 30.3 Å². The summed E-state index contributed by atoms with van der Waals surface area (Å²) < 4.78 is 31.7. The first-order valence-corrected chi connectivity index (χ1v) is 12.6. The summed E-state index contributed by atoms with van der Waals surface area (Å²) in [5, 5.41) is 25.9. The lowest BCUT2D eigenvalue weighted by Gasteiger charge is -2.53. The Balaban J connectivity index is 0.000000532. The van der Waals surface area contributed by atoms with Crippen LogP contribution in [0.15, 0.2) is 30.3 Å². The van der Waals surface area contributed by atoms with Crippen LogP contribution >= 0.6 is 0 Å². The van der Waals surface area contributed by atoms with Crippen molar-refractivity contribution in [2.24, 2.45) is 17.3 Å². The zero-order valence-electron chi connectivity index (χ0n) is 21.4. The number of carbonyl (C=O) groups is 4. The molecule has 1 aliphatic carbocycles. The number of carbonyl (C=O) groups excluding carboxylic acids is 2. The molecule has 4 N–H and O–H groups in total. The average Bonchev–Trinajstić information content (AvgIpc) is 2.87. The molecular weight excluding hydrogens is 525 g/mol. The standard InChI is InChI=1S/C23H32N4O5.C2HF3O2/c1-23(19-8-10-27(19)22(30)31)9-7-17(18(15-23)20(28)24-32)21(29)26-13-11-25(12-14-26)16-5-3-2-4-6-16;3-2(4,5)1(6)7/h2-6,17-19,32H,7-15H2,1H3,(H,24,28)(H,30,31);(H,6,7)/t17-,18-,19?,23+;/m0./s1. The molecule has 0 aromatic heterocycles. The minimum atomic E-state index is -5.08. The van der Waals surface area contributed by atoms with Gasteiger partial charge in [-0.1, -0.05) is 25.1 Å². The Morgan fingerprint density at radius 3 is 2.00 bits per heavy atom. The van der Waals surface area contributed by atoms with Crippen molar-refractivity contribution in [1.29, 1.82) is 0 Å². The van der Waals surface area contributed by atoms with Crippen LogP contribution in [0.25, 0.3) is 0 Å². The van der Waals surface area contributed by atoms with Crippen LogP contribution in [0, 0.1) is 17.3 Å². The average molecular weight is 559 g/mol. The van der Waals surface area contributed by atoms with Gasteiger partial charge in [-0.05, 0) is 43.2 Å². The maximum absolute atomic E-state index is 13.4. The smallest absolute Gasteiger partial charge is 0.475 e. The number of rotatable bonds is 4. The van der Waals surface area contributed by atoms with E-state index in [2.05, 4.69) is 17.0 Å². The molecular formula is C25H33F3N4O7. The van der Waals surface area contributed by atoms with Gasteiger partial charge in [-0.25, -0.2) is 15.1 Å². The predicted octanol–water partition coefficient (Wildman–Crippen LogP) is 2.65. The van der Waals surface area contributed by atoms with Crippen molar-refractivity contribution < 1.29 is 47.8 Å². The Morgan fingerprint density at radius 1 is 0.949 bits per heavy atom. The molecule has 0 spiro atoms. The molecule has 1 saturated carbocycles. The number of hydrogen-bond acceptors (Lipinski definition) is 6. The molecule has 216 valence electrons. The first-order chi connectivity index (χ1) is 18.3. The number of hydroxylamine groups is 1. The second-order valence-electron chi connectivity index (χ2n) is 10.3. The number of hydrogen-bond donors (Lipinski definition) is 4. The molecule has 2 aliphatic heterocycles. The molecule has 11 nitrogen and oxygen atoms in total. The normalized spacial score (nSPS) is 27.0. The van der Waals surface area contributed by atoms with Crippen LogP contribution in [-0.4, -0.2) is 94.0 Å². The van der Waals surface area contributed by atoms with Gasteiger partial charge in [0.25, 0.3) is 0 Å². The van der Waals surface area contributed by atoms with Crippen molar-refractivity contribution in [2.45, 2.75) is 44.8 Å². The topological polar surface area (TPSA) is 151 Å². The van der Waals surface area contributed by atoms with E-state index >= 15 is 0 Å². The van der Waals surface area contributed by atoms with Gasteiger partial charge in [0.2, 0.25) is 11.8 Å². The highest BCUT2D eigenvalue weighted by atomic mass is 19.4. The number of benzene rings is 1.